The number of aromatic nitrogens is 1. The zero-order valence-corrected chi connectivity index (χ0v) is 16.6. The summed E-state index contributed by atoms with van der Waals surface area (Å²) >= 11 is 6.21. The average Bonchev–Trinajstić information content (AvgIpc) is 3.06. The van der Waals surface area contributed by atoms with Gasteiger partial charge in [0.15, 0.2) is 5.58 Å². The number of anilines is 1. The molecule has 0 aliphatic carbocycles. The van der Waals surface area contributed by atoms with Crippen molar-refractivity contribution < 1.29 is 9.21 Å². The predicted octanol–water partition coefficient (Wildman–Crippen LogP) is 6.33. The fraction of sp³-hybridized carbons (Fsp3) is 0.130. The number of hydrogen-bond donors (Lipinski definition) is 1. The van der Waals surface area contributed by atoms with Crippen LogP contribution in [-0.2, 0) is 0 Å². The molecule has 1 amide bonds. The number of rotatable bonds is 3. The van der Waals surface area contributed by atoms with Crippen LogP contribution in [0.15, 0.2) is 59.0 Å². The molecule has 0 fully saturated rings. The highest BCUT2D eigenvalue weighted by Gasteiger charge is 2.15. The van der Waals surface area contributed by atoms with E-state index >= 15 is 0 Å². The maximum absolute atomic E-state index is 12.6. The van der Waals surface area contributed by atoms with Crippen molar-refractivity contribution >= 4 is 34.3 Å². The molecule has 0 aliphatic heterocycles. The van der Waals surface area contributed by atoms with Crippen LogP contribution in [0.25, 0.3) is 22.6 Å². The zero-order chi connectivity index (χ0) is 19.8. The SMILES string of the molecule is Cc1ccc(C(=O)Nc2cc(C)c3oc(-c4ccccc4C)nc3c2)c(Cl)c1. The third kappa shape index (κ3) is 3.39. The average molecular weight is 391 g/mol. The van der Waals surface area contributed by atoms with Crippen LogP contribution in [-0.4, -0.2) is 10.9 Å². The van der Waals surface area contributed by atoms with Gasteiger partial charge in [-0.1, -0.05) is 35.9 Å². The molecule has 0 unspecified atom stereocenters. The Balaban J connectivity index is 1.69. The van der Waals surface area contributed by atoms with Gasteiger partial charge >= 0.3 is 0 Å². The lowest BCUT2D eigenvalue weighted by atomic mass is 10.1. The van der Waals surface area contributed by atoms with E-state index in [1.165, 1.54) is 0 Å². The highest BCUT2D eigenvalue weighted by atomic mass is 35.5. The first kappa shape index (κ1) is 18.3. The first-order valence-corrected chi connectivity index (χ1v) is 9.35. The van der Waals surface area contributed by atoms with E-state index in [9.17, 15) is 4.79 Å². The van der Waals surface area contributed by atoms with Crippen molar-refractivity contribution in [3.63, 3.8) is 0 Å². The van der Waals surface area contributed by atoms with Crippen molar-refractivity contribution in [1.29, 1.82) is 0 Å². The summed E-state index contributed by atoms with van der Waals surface area (Å²) in [6, 6.07) is 17.0. The smallest absolute Gasteiger partial charge is 0.257 e. The van der Waals surface area contributed by atoms with E-state index in [4.69, 9.17) is 16.0 Å². The normalized spacial score (nSPS) is 11.0. The van der Waals surface area contributed by atoms with Crippen LogP contribution in [0.5, 0.6) is 0 Å². The number of hydrogen-bond acceptors (Lipinski definition) is 3. The van der Waals surface area contributed by atoms with Gasteiger partial charge in [-0.3, -0.25) is 4.79 Å². The third-order valence-electron chi connectivity index (χ3n) is 4.68. The maximum atomic E-state index is 12.6. The zero-order valence-electron chi connectivity index (χ0n) is 15.8. The molecule has 4 rings (SSSR count). The number of nitrogens with zero attached hydrogens (tertiary/aromatic N) is 1. The van der Waals surface area contributed by atoms with Crippen LogP contribution in [0.2, 0.25) is 5.02 Å². The van der Waals surface area contributed by atoms with Gasteiger partial charge in [-0.05, 0) is 67.8 Å². The number of benzene rings is 3. The van der Waals surface area contributed by atoms with Gasteiger partial charge in [-0.15, -0.1) is 0 Å². The number of carbonyl (C=O) groups excluding carboxylic acids is 1. The molecule has 1 heterocycles. The number of halogens is 1. The summed E-state index contributed by atoms with van der Waals surface area (Å²) in [6.07, 6.45) is 0. The van der Waals surface area contributed by atoms with E-state index < -0.39 is 0 Å². The Hall–Kier alpha value is -3.11. The van der Waals surface area contributed by atoms with Crippen LogP contribution in [0.1, 0.15) is 27.0 Å². The summed E-state index contributed by atoms with van der Waals surface area (Å²) in [4.78, 5) is 17.3. The molecule has 28 heavy (non-hydrogen) atoms. The molecular weight excluding hydrogens is 372 g/mol. The Morgan fingerprint density at radius 2 is 1.79 bits per heavy atom. The molecule has 1 N–H and O–H groups in total. The second kappa shape index (κ2) is 7.13. The molecule has 3 aromatic carbocycles. The summed E-state index contributed by atoms with van der Waals surface area (Å²) in [7, 11) is 0. The molecule has 5 heteroatoms. The molecule has 0 aliphatic rings. The molecule has 0 saturated heterocycles. The van der Waals surface area contributed by atoms with E-state index in [-0.39, 0.29) is 5.91 Å². The van der Waals surface area contributed by atoms with Crippen molar-refractivity contribution in [2.24, 2.45) is 0 Å². The van der Waals surface area contributed by atoms with E-state index in [0.717, 1.165) is 22.3 Å². The van der Waals surface area contributed by atoms with Gasteiger partial charge in [-0.2, -0.15) is 0 Å². The summed E-state index contributed by atoms with van der Waals surface area (Å²) in [6.45, 7) is 5.89. The number of nitrogens with one attached hydrogen (secondary N) is 1. The van der Waals surface area contributed by atoms with Crippen LogP contribution in [0.4, 0.5) is 5.69 Å². The first-order valence-electron chi connectivity index (χ1n) is 8.97. The third-order valence-corrected chi connectivity index (χ3v) is 4.99. The van der Waals surface area contributed by atoms with Gasteiger partial charge in [0.2, 0.25) is 5.89 Å². The van der Waals surface area contributed by atoms with Crippen LogP contribution in [0, 0.1) is 20.8 Å². The van der Waals surface area contributed by atoms with Crippen molar-refractivity contribution in [3.8, 4) is 11.5 Å². The molecule has 0 bridgehead atoms. The fourth-order valence-corrected chi connectivity index (χ4v) is 3.52. The minimum Gasteiger partial charge on any atom is -0.436 e. The Morgan fingerprint density at radius 3 is 2.54 bits per heavy atom. The second-order valence-corrected chi connectivity index (χ2v) is 7.32. The predicted molar refractivity (Wildman–Crippen MR) is 113 cm³/mol. The largest absolute Gasteiger partial charge is 0.436 e. The summed E-state index contributed by atoms with van der Waals surface area (Å²) in [5.41, 5.74) is 6.44. The van der Waals surface area contributed by atoms with E-state index in [1.54, 1.807) is 12.1 Å². The Bertz CT molecular complexity index is 1210. The number of fused-ring (bicyclic) bond motifs is 1. The Kier molecular flexibility index (Phi) is 4.65. The molecule has 4 aromatic rings. The fourth-order valence-electron chi connectivity index (χ4n) is 3.20. The molecule has 0 saturated carbocycles. The summed E-state index contributed by atoms with van der Waals surface area (Å²) in [5, 5.41) is 3.34. The number of carbonyl (C=O) groups is 1. The molecule has 1 aromatic heterocycles. The highest BCUT2D eigenvalue weighted by Crippen LogP contribution is 2.30. The van der Waals surface area contributed by atoms with E-state index in [1.807, 2.05) is 63.2 Å². The van der Waals surface area contributed by atoms with E-state index in [0.29, 0.717) is 33.3 Å². The minimum atomic E-state index is -0.258. The molecule has 0 atom stereocenters. The van der Waals surface area contributed by atoms with Crippen molar-refractivity contribution in [1.82, 2.24) is 4.98 Å². The minimum absolute atomic E-state index is 0.258. The highest BCUT2D eigenvalue weighted by molar-refractivity contribution is 6.34. The summed E-state index contributed by atoms with van der Waals surface area (Å²) in [5.74, 6) is 0.313. The lowest BCUT2D eigenvalue weighted by molar-refractivity contribution is 0.102. The number of aryl methyl sites for hydroxylation is 3. The molecule has 0 radical (unpaired) electrons. The van der Waals surface area contributed by atoms with Gasteiger partial charge < -0.3 is 9.73 Å². The Morgan fingerprint density at radius 1 is 1.00 bits per heavy atom. The van der Waals surface area contributed by atoms with Crippen LogP contribution < -0.4 is 5.32 Å². The maximum Gasteiger partial charge on any atom is 0.257 e. The number of amides is 1. The lowest BCUT2D eigenvalue weighted by Gasteiger charge is -2.08. The van der Waals surface area contributed by atoms with Gasteiger partial charge in [0, 0.05) is 11.3 Å². The topological polar surface area (TPSA) is 55.1 Å². The van der Waals surface area contributed by atoms with Crippen LogP contribution in [0.3, 0.4) is 0 Å². The van der Waals surface area contributed by atoms with Gasteiger partial charge in [-0.25, -0.2) is 4.98 Å². The monoisotopic (exact) mass is 390 g/mol. The quantitative estimate of drug-likeness (QED) is 0.445. The summed E-state index contributed by atoms with van der Waals surface area (Å²) < 4.78 is 6.00. The van der Waals surface area contributed by atoms with Crippen molar-refractivity contribution in [2.75, 3.05) is 5.32 Å². The van der Waals surface area contributed by atoms with Crippen LogP contribution >= 0.6 is 11.6 Å². The number of oxazole rings is 1. The van der Waals surface area contributed by atoms with Crippen molar-refractivity contribution in [3.05, 3.63) is 81.9 Å². The first-order chi connectivity index (χ1) is 13.4. The molecule has 0 spiro atoms. The van der Waals surface area contributed by atoms with Gasteiger partial charge in [0.25, 0.3) is 5.91 Å². The molecular formula is C23H19ClN2O2. The van der Waals surface area contributed by atoms with E-state index in [2.05, 4.69) is 10.3 Å². The Labute approximate surface area is 168 Å². The van der Waals surface area contributed by atoms with Gasteiger partial charge in [0.05, 0.1) is 10.6 Å². The molecule has 140 valence electrons. The molecule has 4 nitrogen and oxygen atoms in total. The van der Waals surface area contributed by atoms with Crippen molar-refractivity contribution in [2.45, 2.75) is 20.8 Å². The standard InChI is InChI=1S/C23H19ClN2O2/c1-13-8-9-18(19(24)10-13)22(27)25-16-11-15(3)21-20(12-16)26-23(28-21)17-7-5-4-6-14(17)2/h4-12H,1-3H3,(H,25,27). The second-order valence-electron chi connectivity index (χ2n) is 6.91. The lowest BCUT2D eigenvalue weighted by Crippen LogP contribution is -2.12. The van der Waals surface area contributed by atoms with Gasteiger partial charge in [0.1, 0.15) is 5.52 Å².